The molecule has 0 unspecified atom stereocenters. The molecule has 0 radical (unpaired) electrons. The smallest absolute Gasteiger partial charge is 0.387 e. The first-order valence-corrected chi connectivity index (χ1v) is 16.5. The standard InChI is InChI=1S/C33H31F3N4O3S2/c1-2-40(21-31(41)26-4-3-18-37-20-26)19-17-23-5-13-28(14-6-23)39-45(42,43)29-15-9-25(10-16-29)32-38-30(22-44-32)24-7-11-27(12-8-24)33(34,35)36/h3-16,18,20,22,31,39,41H,2,17,19,21H2,1H3/t31-/m0/s1. The van der Waals surface area contributed by atoms with Gasteiger partial charge in [0, 0.05) is 53.2 Å². The van der Waals surface area contributed by atoms with Gasteiger partial charge in [0.1, 0.15) is 5.01 Å². The van der Waals surface area contributed by atoms with E-state index in [1.165, 1.54) is 35.6 Å². The molecule has 2 aromatic heterocycles. The summed E-state index contributed by atoms with van der Waals surface area (Å²) in [5.74, 6) is 0. The number of anilines is 1. The molecule has 2 N–H and O–H groups in total. The van der Waals surface area contributed by atoms with Crippen LogP contribution in [-0.2, 0) is 22.6 Å². The number of aliphatic hydroxyl groups is 1. The van der Waals surface area contributed by atoms with Gasteiger partial charge in [0.05, 0.1) is 22.3 Å². The number of aliphatic hydroxyl groups excluding tert-OH is 1. The van der Waals surface area contributed by atoms with Gasteiger partial charge in [-0.25, -0.2) is 13.4 Å². The number of pyridine rings is 1. The van der Waals surface area contributed by atoms with Crippen molar-refractivity contribution in [3.63, 3.8) is 0 Å². The van der Waals surface area contributed by atoms with Crippen LogP contribution in [-0.4, -0.2) is 48.0 Å². The summed E-state index contributed by atoms with van der Waals surface area (Å²) in [5, 5.41) is 12.9. The van der Waals surface area contributed by atoms with Crippen LogP contribution in [0.2, 0.25) is 0 Å². The first-order chi connectivity index (χ1) is 21.5. The van der Waals surface area contributed by atoms with Crippen molar-refractivity contribution >= 4 is 27.0 Å². The van der Waals surface area contributed by atoms with Crippen molar-refractivity contribution < 1.29 is 26.7 Å². The predicted octanol–water partition coefficient (Wildman–Crippen LogP) is 7.29. The van der Waals surface area contributed by atoms with E-state index in [1.54, 1.807) is 48.1 Å². The van der Waals surface area contributed by atoms with Crippen molar-refractivity contribution in [3.8, 4) is 21.8 Å². The Hall–Kier alpha value is -4.10. The number of nitrogens with one attached hydrogen (secondary N) is 1. The number of sulfonamides is 1. The van der Waals surface area contributed by atoms with Gasteiger partial charge in [-0.3, -0.25) is 9.71 Å². The van der Waals surface area contributed by atoms with E-state index >= 15 is 0 Å². The van der Waals surface area contributed by atoms with Crippen molar-refractivity contribution in [1.82, 2.24) is 14.9 Å². The van der Waals surface area contributed by atoms with Gasteiger partial charge in [0.2, 0.25) is 0 Å². The number of aromatic nitrogens is 2. The van der Waals surface area contributed by atoms with Gasteiger partial charge in [-0.05, 0) is 61.0 Å². The molecule has 2 heterocycles. The molecule has 12 heteroatoms. The summed E-state index contributed by atoms with van der Waals surface area (Å²) >= 11 is 1.32. The van der Waals surface area contributed by atoms with E-state index in [-0.39, 0.29) is 4.90 Å². The average Bonchev–Trinajstić information content (AvgIpc) is 3.54. The van der Waals surface area contributed by atoms with Crippen LogP contribution in [0.5, 0.6) is 0 Å². The Morgan fingerprint density at radius 3 is 2.27 bits per heavy atom. The average molecular weight is 653 g/mol. The maximum absolute atomic E-state index is 13.1. The topological polar surface area (TPSA) is 95.4 Å². The van der Waals surface area contributed by atoms with Crippen LogP contribution >= 0.6 is 11.3 Å². The highest BCUT2D eigenvalue weighted by Gasteiger charge is 2.30. The normalized spacial score (nSPS) is 12.8. The van der Waals surface area contributed by atoms with Crippen LogP contribution in [0.15, 0.2) is 108 Å². The highest BCUT2D eigenvalue weighted by Crippen LogP contribution is 2.33. The Balaban J connectivity index is 1.17. The number of halogens is 3. The van der Waals surface area contributed by atoms with Crippen LogP contribution in [0.1, 0.15) is 29.7 Å². The second-order valence-electron chi connectivity index (χ2n) is 10.4. The lowest BCUT2D eigenvalue weighted by Gasteiger charge is -2.23. The molecule has 1 atom stereocenters. The number of hydrogen-bond acceptors (Lipinski definition) is 7. The Kier molecular flexibility index (Phi) is 9.98. The minimum Gasteiger partial charge on any atom is -0.387 e. The highest BCUT2D eigenvalue weighted by atomic mass is 32.2. The molecular formula is C33H31F3N4O3S2. The maximum atomic E-state index is 13.1. The Labute approximate surface area is 264 Å². The number of alkyl halides is 3. The number of rotatable bonds is 12. The number of likely N-dealkylation sites (N-methyl/N-ethyl adjacent to an activating group) is 1. The fourth-order valence-corrected chi connectivity index (χ4v) is 6.58. The molecule has 0 spiro atoms. The maximum Gasteiger partial charge on any atom is 0.416 e. The molecule has 0 aliphatic heterocycles. The zero-order chi connectivity index (χ0) is 32.0. The second-order valence-corrected chi connectivity index (χ2v) is 12.9. The molecule has 5 rings (SSSR count). The first kappa shape index (κ1) is 32.3. The van der Waals surface area contributed by atoms with E-state index < -0.39 is 27.9 Å². The summed E-state index contributed by atoms with van der Waals surface area (Å²) in [6, 6.07) is 21.9. The minimum absolute atomic E-state index is 0.0839. The molecule has 0 fully saturated rings. The van der Waals surface area contributed by atoms with Crippen LogP contribution in [0, 0.1) is 0 Å². The summed E-state index contributed by atoms with van der Waals surface area (Å²) < 4.78 is 67.3. The molecule has 0 saturated heterocycles. The monoisotopic (exact) mass is 652 g/mol. The Bertz CT molecular complexity index is 1800. The number of nitrogens with zero attached hydrogens (tertiary/aromatic N) is 3. The molecule has 7 nitrogen and oxygen atoms in total. The van der Waals surface area contributed by atoms with Crippen LogP contribution < -0.4 is 4.72 Å². The second kappa shape index (κ2) is 13.9. The van der Waals surface area contributed by atoms with Crippen molar-refractivity contribution in [2.75, 3.05) is 24.4 Å². The van der Waals surface area contributed by atoms with Crippen LogP contribution in [0.4, 0.5) is 18.9 Å². The third kappa shape index (κ3) is 8.34. The van der Waals surface area contributed by atoms with Gasteiger partial charge in [0.15, 0.2) is 0 Å². The summed E-state index contributed by atoms with van der Waals surface area (Å²) in [7, 11) is -3.85. The fraction of sp³-hybridized carbons (Fsp3) is 0.212. The molecule has 0 aliphatic rings. The molecular weight excluding hydrogens is 622 g/mol. The summed E-state index contributed by atoms with van der Waals surface area (Å²) in [6.45, 7) is 4.03. The van der Waals surface area contributed by atoms with Gasteiger partial charge in [-0.15, -0.1) is 11.3 Å². The Morgan fingerprint density at radius 1 is 0.956 bits per heavy atom. The lowest BCUT2D eigenvalue weighted by molar-refractivity contribution is -0.137. The van der Waals surface area contributed by atoms with Crippen molar-refractivity contribution in [2.45, 2.75) is 30.5 Å². The third-order valence-electron chi connectivity index (χ3n) is 7.29. The Morgan fingerprint density at radius 2 is 1.64 bits per heavy atom. The third-order valence-corrected chi connectivity index (χ3v) is 9.58. The van der Waals surface area contributed by atoms with E-state index in [9.17, 15) is 26.7 Å². The van der Waals surface area contributed by atoms with Crippen molar-refractivity contribution in [2.24, 2.45) is 0 Å². The molecule has 234 valence electrons. The van der Waals surface area contributed by atoms with Gasteiger partial charge in [-0.1, -0.05) is 49.4 Å². The van der Waals surface area contributed by atoms with E-state index in [2.05, 4.69) is 19.6 Å². The highest BCUT2D eigenvalue weighted by molar-refractivity contribution is 7.92. The molecule has 5 aromatic rings. The van der Waals surface area contributed by atoms with Gasteiger partial charge in [-0.2, -0.15) is 13.2 Å². The lowest BCUT2D eigenvalue weighted by Crippen LogP contribution is -2.30. The number of thiazole rings is 1. The zero-order valence-corrected chi connectivity index (χ0v) is 25.9. The predicted molar refractivity (Wildman–Crippen MR) is 170 cm³/mol. The minimum atomic E-state index is -4.41. The van der Waals surface area contributed by atoms with E-state index in [0.717, 1.165) is 42.8 Å². The molecule has 45 heavy (non-hydrogen) atoms. The van der Waals surface area contributed by atoms with Crippen LogP contribution in [0.25, 0.3) is 21.8 Å². The number of benzene rings is 3. The van der Waals surface area contributed by atoms with Crippen molar-refractivity contribution in [3.05, 3.63) is 119 Å². The van der Waals surface area contributed by atoms with E-state index in [1.807, 2.05) is 25.1 Å². The quantitative estimate of drug-likeness (QED) is 0.147. The van der Waals surface area contributed by atoms with Gasteiger partial charge in [0.25, 0.3) is 10.0 Å². The summed E-state index contributed by atoms with van der Waals surface area (Å²) in [6.07, 6.45) is -0.963. The van der Waals surface area contributed by atoms with E-state index in [0.29, 0.717) is 34.1 Å². The summed E-state index contributed by atoms with van der Waals surface area (Å²) in [4.78, 5) is 10.8. The van der Waals surface area contributed by atoms with Crippen LogP contribution in [0.3, 0.4) is 0 Å². The zero-order valence-electron chi connectivity index (χ0n) is 24.3. The molecule has 0 saturated carbocycles. The summed E-state index contributed by atoms with van der Waals surface area (Å²) in [5.41, 5.74) is 3.31. The van der Waals surface area contributed by atoms with Gasteiger partial charge >= 0.3 is 6.18 Å². The fourth-order valence-electron chi connectivity index (χ4n) is 4.69. The largest absolute Gasteiger partial charge is 0.416 e. The molecule has 3 aromatic carbocycles. The molecule has 0 aliphatic carbocycles. The lowest BCUT2D eigenvalue weighted by atomic mass is 10.1. The van der Waals surface area contributed by atoms with Gasteiger partial charge < -0.3 is 10.0 Å². The van der Waals surface area contributed by atoms with Crippen molar-refractivity contribution in [1.29, 1.82) is 0 Å². The molecule has 0 bridgehead atoms. The number of hydrogen-bond donors (Lipinski definition) is 2. The van der Waals surface area contributed by atoms with E-state index in [4.69, 9.17) is 0 Å². The first-order valence-electron chi connectivity index (χ1n) is 14.2. The molecule has 0 amide bonds. The SMILES string of the molecule is CCN(CCc1ccc(NS(=O)(=O)c2ccc(-c3nc(-c4ccc(C(F)(F)F)cc4)cs3)cc2)cc1)C[C@H](O)c1cccnc1.